The number of H-pyrrole nitrogens is 1. The van der Waals surface area contributed by atoms with Crippen molar-refractivity contribution in [1.29, 1.82) is 0 Å². The number of amides is 1. The highest BCUT2D eigenvalue weighted by molar-refractivity contribution is 6.01. The van der Waals surface area contributed by atoms with E-state index in [0.29, 0.717) is 6.04 Å². The van der Waals surface area contributed by atoms with Gasteiger partial charge in [-0.3, -0.25) is 9.69 Å². The van der Waals surface area contributed by atoms with E-state index in [1.807, 2.05) is 4.90 Å². The fourth-order valence-corrected chi connectivity index (χ4v) is 4.12. The van der Waals surface area contributed by atoms with Gasteiger partial charge in [0.2, 0.25) is 0 Å². The Morgan fingerprint density at radius 1 is 1.25 bits per heavy atom. The van der Waals surface area contributed by atoms with E-state index in [4.69, 9.17) is 0 Å². The Labute approximate surface area is 144 Å². The number of nitrogens with one attached hydrogen (secondary N) is 1. The minimum atomic E-state index is 0.149. The Kier molecular flexibility index (Phi) is 4.68. The van der Waals surface area contributed by atoms with Crippen LogP contribution >= 0.6 is 0 Å². The molecule has 24 heavy (non-hydrogen) atoms. The Bertz CT molecular complexity index is 758. The summed E-state index contributed by atoms with van der Waals surface area (Å²) in [4.78, 5) is 20.9. The average Bonchev–Trinajstić information content (AvgIpc) is 3.15. The lowest BCUT2D eigenvalue weighted by molar-refractivity contribution is 0.0772. The zero-order valence-electron chi connectivity index (χ0n) is 15.6. The van der Waals surface area contributed by atoms with Gasteiger partial charge in [0.1, 0.15) is 5.69 Å². The van der Waals surface area contributed by atoms with Crippen LogP contribution in [0.4, 0.5) is 0 Å². The number of likely N-dealkylation sites (tertiary alicyclic amines) is 1. The van der Waals surface area contributed by atoms with Crippen molar-refractivity contribution in [2.24, 2.45) is 0 Å². The molecule has 0 radical (unpaired) electrons. The number of hydrogen-bond donors (Lipinski definition) is 1. The van der Waals surface area contributed by atoms with Crippen LogP contribution in [0.25, 0.3) is 10.9 Å². The zero-order valence-corrected chi connectivity index (χ0v) is 15.6. The summed E-state index contributed by atoms with van der Waals surface area (Å²) in [6, 6.07) is 4.84. The number of carbonyl (C=O) groups excluding carboxylic acids is 1. The number of benzene rings is 1. The van der Waals surface area contributed by atoms with Crippen LogP contribution in [-0.2, 0) is 0 Å². The van der Waals surface area contributed by atoms with Gasteiger partial charge in [-0.2, -0.15) is 0 Å². The molecular weight excluding hydrogens is 298 g/mol. The van der Waals surface area contributed by atoms with Gasteiger partial charge in [0, 0.05) is 30.0 Å². The van der Waals surface area contributed by atoms with Crippen LogP contribution < -0.4 is 0 Å². The molecule has 0 aliphatic carbocycles. The molecular formula is C20H29N3O. The van der Waals surface area contributed by atoms with E-state index in [1.54, 1.807) is 0 Å². The van der Waals surface area contributed by atoms with Gasteiger partial charge >= 0.3 is 0 Å². The molecule has 1 aliphatic heterocycles. The normalized spacial score (nSPS) is 18.1. The van der Waals surface area contributed by atoms with E-state index in [9.17, 15) is 4.79 Å². The minimum Gasteiger partial charge on any atom is -0.350 e. The van der Waals surface area contributed by atoms with Gasteiger partial charge in [-0.05, 0) is 57.5 Å². The van der Waals surface area contributed by atoms with E-state index in [-0.39, 0.29) is 5.91 Å². The zero-order chi connectivity index (χ0) is 17.4. The molecule has 1 aromatic heterocycles. The summed E-state index contributed by atoms with van der Waals surface area (Å²) in [6.45, 7) is 14.5. The van der Waals surface area contributed by atoms with Gasteiger partial charge in [-0.25, -0.2) is 0 Å². The maximum atomic E-state index is 13.1. The second-order valence-corrected chi connectivity index (χ2v) is 7.04. The molecule has 0 bridgehead atoms. The molecule has 1 saturated heterocycles. The first kappa shape index (κ1) is 17.0. The number of aryl methyl sites for hydroxylation is 3. The van der Waals surface area contributed by atoms with Crippen LogP contribution in [0.1, 0.15) is 47.4 Å². The highest BCUT2D eigenvalue weighted by Crippen LogP contribution is 2.28. The molecule has 1 aromatic carbocycles. The first-order valence-corrected chi connectivity index (χ1v) is 9.09. The van der Waals surface area contributed by atoms with Gasteiger partial charge in [0.15, 0.2) is 0 Å². The van der Waals surface area contributed by atoms with E-state index in [2.05, 4.69) is 56.6 Å². The molecule has 4 nitrogen and oxygen atoms in total. The maximum Gasteiger partial charge on any atom is 0.270 e. The second-order valence-electron chi connectivity index (χ2n) is 7.04. The van der Waals surface area contributed by atoms with E-state index in [0.717, 1.165) is 49.4 Å². The Morgan fingerprint density at radius 3 is 2.62 bits per heavy atom. The number of fused-ring (bicyclic) bond motifs is 1. The average molecular weight is 327 g/mol. The number of nitrogens with zero attached hydrogens (tertiary/aromatic N) is 2. The maximum absolute atomic E-state index is 13.1. The van der Waals surface area contributed by atoms with Crippen molar-refractivity contribution in [1.82, 2.24) is 14.8 Å². The molecule has 0 spiro atoms. The van der Waals surface area contributed by atoms with Gasteiger partial charge in [0.25, 0.3) is 5.91 Å². The number of hydrogen-bond acceptors (Lipinski definition) is 2. The van der Waals surface area contributed by atoms with E-state index >= 15 is 0 Å². The van der Waals surface area contributed by atoms with E-state index < -0.39 is 0 Å². The third-order valence-electron chi connectivity index (χ3n) is 5.50. The lowest BCUT2D eigenvalue weighted by Crippen LogP contribution is -2.38. The summed E-state index contributed by atoms with van der Waals surface area (Å²) >= 11 is 0. The number of rotatable bonds is 4. The molecule has 130 valence electrons. The Morgan fingerprint density at radius 2 is 1.96 bits per heavy atom. The lowest BCUT2D eigenvalue weighted by atomic mass is 10.1. The number of aromatic amines is 1. The van der Waals surface area contributed by atoms with Gasteiger partial charge < -0.3 is 9.88 Å². The summed E-state index contributed by atoms with van der Waals surface area (Å²) in [5.41, 5.74) is 5.38. The van der Waals surface area contributed by atoms with Crippen molar-refractivity contribution < 1.29 is 4.79 Å². The topological polar surface area (TPSA) is 39.3 Å². The van der Waals surface area contributed by atoms with Crippen molar-refractivity contribution in [3.8, 4) is 0 Å². The quantitative estimate of drug-likeness (QED) is 0.931. The number of carbonyl (C=O) groups is 1. The summed E-state index contributed by atoms with van der Waals surface area (Å²) in [5, 5.41) is 1.18. The molecule has 2 heterocycles. The standard InChI is InChI=1S/C20H29N3O/c1-6-22(7-2)16-8-9-23(12-16)20(24)19-15(5)17-11-13(3)10-14(4)18(17)21-19/h10-11,16,21H,6-9,12H2,1-5H3. The number of likely N-dealkylation sites (N-methyl/N-ethyl adjacent to an activating group) is 1. The number of aromatic nitrogens is 1. The Balaban J connectivity index is 1.87. The monoisotopic (exact) mass is 327 g/mol. The molecule has 1 N–H and O–H groups in total. The molecule has 1 fully saturated rings. The van der Waals surface area contributed by atoms with Crippen LogP contribution in [-0.4, -0.2) is 52.9 Å². The Hall–Kier alpha value is -1.81. The van der Waals surface area contributed by atoms with Crippen molar-refractivity contribution >= 4 is 16.8 Å². The minimum absolute atomic E-state index is 0.149. The first-order valence-electron chi connectivity index (χ1n) is 9.09. The summed E-state index contributed by atoms with van der Waals surface area (Å²) < 4.78 is 0. The largest absolute Gasteiger partial charge is 0.350 e. The molecule has 2 aromatic rings. The molecule has 1 atom stereocenters. The molecule has 1 aliphatic rings. The van der Waals surface area contributed by atoms with Crippen molar-refractivity contribution in [3.63, 3.8) is 0 Å². The van der Waals surface area contributed by atoms with Crippen LogP contribution in [0.5, 0.6) is 0 Å². The van der Waals surface area contributed by atoms with Crippen LogP contribution in [0, 0.1) is 20.8 Å². The first-order chi connectivity index (χ1) is 11.5. The molecule has 3 rings (SSSR count). The van der Waals surface area contributed by atoms with Gasteiger partial charge in [0.05, 0.1) is 0 Å². The van der Waals surface area contributed by atoms with E-state index in [1.165, 1.54) is 16.5 Å². The van der Waals surface area contributed by atoms with Crippen molar-refractivity contribution in [3.05, 3.63) is 34.5 Å². The predicted molar refractivity (Wildman–Crippen MR) is 99.7 cm³/mol. The lowest BCUT2D eigenvalue weighted by Gasteiger charge is -2.26. The fraction of sp³-hybridized carbons (Fsp3) is 0.550. The molecule has 4 heteroatoms. The predicted octanol–water partition coefficient (Wildman–Crippen LogP) is 3.65. The van der Waals surface area contributed by atoms with Crippen LogP contribution in [0.15, 0.2) is 12.1 Å². The third kappa shape index (κ3) is 2.84. The summed E-state index contributed by atoms with van der Waals surface area (Å²) in [6.07, 6.45) is 1.07. The highest BCUT2D eigenvalue weighted by Gasteiger charge is 2.31. The molecule has 1 amide bonds. The third-order valence-corrected chi connectivity index (χ3v) is 5.50. The van der Waals surface area contributed by atoms with Crippen LogP contribution in [0.3, 0.4) is 0 Å². The SMILES string of the molecule is CCN(CC)C1CCN(C(=O)c2[nH]c3c(C)cc(C)cc3c2C)C1. The smallest absolute Gasteiger partial charge is 0.270 e. The summed E-state index contributed by atoms with van der Waals surface area (Å²) in [5.74, 6) is 0.149. The van der Waals surface area contributed by atoms with Gasteiger partial charge in [-0.15, -0.1) is 0 Å². The van der Waals surface area contributed by atoms with Gasteiger partial charge in [-0.1, -0.05) is 25.5 Å². The highest BCUT2D eigenvalue weighted by atomic mass is 16.2. The van der Waals surface area contributed by atoms with Crippen molar-refractivity contribution in [2.45, 2.75) is 47.1 Å². The fourth-order valence-electron chi connectivity index (χ4n) is 4.12. The second kappa shape index (κ2) is 6.60. The van der Waals surface area contributed by atoms with Crippen LogP contribution in [0.2, 0.25) is 0 Å². The van der Waals surface area contributed by atoms with Crippen molar-refractivity contribution in [2.75, 3.05) is 26.2 Å². The molecule has 1 unspecified atom stereocenters. The summed E-state index contributed by atoms with van der Waals surface area (Å²) in [7, 11) is 0. The molecule has 0 saturated carbocycles.